The summed E-state index contributed by atoms with van der Waals surface area (Å²) < 4.78 is 19.9. The molecular formula is C25H19FN2O4. The number of para-hydroxylation sites is 1. The summed E-state index contributed by atoms with van der Waals surface area (Å²) >= 11 is 0. The van der Waals surface area contributed by atoms with E-state index < -0.39 is 23.7 Å². The summed E-state index contributed by atoms with van der Waals surface area (Å²) in [6.45, 7) is 2.42. The first-order chi connectivity index (χ1) is 15.4. The maximum atomic E-state index is 14.1. The largest absolute Gasteiger partial charge is 0.489 e. The third kappa shape index (κ3) is 4.41. The molecule has 7 heteroatoms. The van der Waals surface area contributed by atoms with Gasteiger partial charge in [0.15, 0.2) is 0 Å². The van der Waals surface area contributed by atoms with E-state index in [2.05, 4.69) is 5.32 Å². The smallest absolute Gasteiger partial charge is 0.336 e. The predicted molar refractivity (Wildman–Crippen MR) is 117 cm³/mol. The molecule has 1 heterocycles. The van der Waals surface area contributed by atoms with Crippen LogP contribution < -0.4 is 15.0 Å². The molecule has 0 unspecified atom stereocenters. The minimum Gasteiger partial charge on any atom is -0.489 e. The highest BCUT2D eigenvalue weighted by atomic mass is 19.1. The summed E-state index contributed by atoms with van der Waals surface area (Å²) in [7, 11) is 0. The molecule has 0 aliphatic carbocycles. The number of halogens is 1. The van der Waals surface area contributed by atoms with Crippen LogP contribution in [0.15, 0.2) is 78.4 Å². The van der Waals surface area contributed by atoms with Crippen molar-refractivity contribution in [1.29, 1.82) is 0 Å². The molecule has 4 amide bonds. The number of nitrogens with zero attached hydrogens (tertiary/aromatic N) is 1. The van der Waals surface area contributed by atoms with Crippen molar-refractivity contribution >= 4 is 29.6 Å². The van der Waals surface area contributed by atoms with Crippen LogP contribution in [0.2, 0.25) is 0 Å². The number of barbiturate groups is 1. The van der Waals surface area contributed by atoms with Crippen LogP contribution in [-0.2, 0) is 16.2 Å². The van der Waals surface area contributed by atoms with Crippen LogP contribution in [-0.4, -0.2) is 17.8 Å². The average Bonchev–Trinajstić information content (AvgIpc) is 2.78. The standard InChI is InChI=1S/C25H19FN2O4/c1-16-6-8-18(9-7-16)15-32-19-12-10-17(11-13-19)14-20-23(29)27-25(31)28(24(20)30)22-5-3-2-4-21(22)26/h2-14H,15H2,1H3,(H,27,29,31)/b20-14-. The van der Waals surface area contributed by atoms with E-state index in [9.17, 15) is 18.8 Å². The maximum absolute atomic E-state index is 14.1. The second-order valence-electron chi connectivity index (χ2n) is 7.25. The topological polar surface area (TPSA) is 75.7 Å². The van der Waals surface area contributed by atoms with Gasteiger partial charge in [-0.2, -0.15) is 0 Å². The second-order valence-corrected chi connectivity index (χ2v) is 7.25. The third-order valence-electron chi connectivity index (χ3n) is 4.91. The Morgan fingerprint density at radius 2 is 1.62 bits per heavy atom. The van der Waals surface area contributed by atoms with Crippen LogP contribution in [0, 0.1) is 12.7 Å². The van der Waals surface area contributed by atoms with Crippen molar-refractivity contribution in [2.24, 2.45) is 0 Å². The number of aryl methyl sites for hydroxylation is 1. The number of imide groups is 2. The molecule has 32 heavy (non-hydrogen) atoms. The van der Waals surface area contributed by atoms with E-state index in [-0.39, 0.29) is 11.3 Å². The Bertz CT molecular complexity index is 1220. The van der Waals surface area contributed by atoms with Gasteiger partial charge in [-0.15, -0.1) is 0 Å². The quantitative estimate of drug-likeness (QED) is 0.482. The Morgan fingerprint density at radius 1 is 0.938 bits per heavy atom. The van der Waals surface area contributed by atoms with Crippen molar-refractivity contribution in [3.63, 3.8) is 0 Å². The molecule has 4 rings (SSSR count). The van der Waals surface area contributed by atoms with E-state index in [1.807, 2.05) is 31.2 Å². The fraction of sp³-hybridized carbons (Fsp3) is 0.0800. The van der Waals surface area contributed by atoms with Gasteiger partial charge < -0.3 is 4.74 Å². The Balaban J connectivity index is 1.52. The molecule has 1 aliphatic rings. The van der Waals surface area contributed by atoms with Crippen LogP contribution in [0.1, 0.15) is 16.7 Å². The van der Waals surface area contributed by atoms with E-state index >= 15 is 0 Å². The summed E-state index contributed by atoms with van der Waals surface area (Å²) in [5, 5.41) is 2.08. The van der Waals surface area contributed by atoms with Gasteiger partial charge in [-0.3, -0.25) is 14.9 Å². The Morgan fingerprint density at radius 3 is 2.31 bits per heavy atom. The number of anilines is 1. The SMILES string of the molecule is Cc1ccc(COc2ccc(/C=C3/C(=O)NC(=O)N(c4ccccc4F)C3=O)cc2)cc1. The van der Waals surface area contributed by atoms with Crippen LogP contribution >= 0.6 is 0 Å². The number of carbonyl (C=O) groups is 3. The Kier molecular flexibility index (Phi) is 5.81. The molecular weight excluding hydrogens is 411 g/mol. The number of amides is 4. The number of benzene rings is 3. The number of hydrogen-bond donors (Lipinski definition) is 1. The maximum Gasteiger partial charge on any atom is 0.336 e. The van der Waals surface area contributed by atoms with Gasteiger partial charge in [0.25, 0.3) is 11.8 Å². The van der Waals surface area contributed by atoms with E-state index in [0.29, 0.717) is 22.8 Å². The molecule has 3 aromatic carbocycles. The molecule has 0 bridgehead atoms. The van der Waals surface area contributed by atoms with Crippen molar-refractivity contribution in [3.05, 3.63) is 101 Å². The minimum absolute atomic E-state index is 0.228. The van der Waals surface area contributed by atoms with Crippen LogP contribution in [0.5, 0.6) is 5.75 Å². The summed E-state index contributed by atoms with van der Waals surface area (Å²) in [4.78, 5) is 37.9. The minimum atomic E-state index is -0.998. The van der Waals surface area contributed by atoms with E-state index in [1.54, 1.807) is 24.3 Å². The molecule has 160 valence electrons. The lowest BCUT2D eigenvalue weighted by atomic mass is 10.1. The second kappa shape index (κ2) is 8.85. The highest BCUT2D eigenvalue weighted by molar-refractivity contribution is 6.39. The first-order valence-corrected chi connectivity index (χ1v) is 9.87. The summed E-state index contributed by atoms with van der Waals surface area (Å²) in [6.07, 6.45) is 1.35. The number of rotatable bonds is 5. The number of urea groups is 1. The van der Waals surface area contributed by atoms with Gasteiger partial charge in [-0.25, -0.2) is 14.1 Å². The lowest BCUT2D eigenvalue weighted by Gasteiger charge is -2.26. The molecule has 0 aromatic heterocycles. The van der Waals surface area contributed by atoms with Crippen LogP contribution in [0.25, 0.3) is 6.08 Å². The number of hydrogen-bond acceptors (Lipinski definition) is 4. The fourth-order valence-electron chi connectivity index (χ4n) is 3.19. The molecule has 0 atom stereocenters. The van der Waals surface area contributed by atoms with E-state index in [0.717, 1.165) is 11.6 Å². The van der Waals surface area contributed by atoms with Gasteiger partial charge in [0.1, 0.15) is 23.7 Å². The molecule has 1 saturated heterocycles. The highest BCUT2D eigenvalue weighted by Gasteiger charge is 2.37. The first kappa shape index (κ1) is 21.0. The van der Waals surface area contributed by atoms with Gasteiger partial charge in [0, 0.05) is 0 Å². The molecule has 1 N–H and O–H groups in total. The fourth-order valence-corrected chi connectivity index (χ4v) is 3.19. The molecule has 0 radical (unpaired) electrons. The third-order valence-corrected chi connectivity index (χ3v) is 4.91. The molecule has 1 fully saturated rings. The number of nitrogens with one attached hydrogen (secondary N) is 1. The average molecular weight is 430 g/mol. The molecule has 3 aromatic rings. The molecule has 0 spiro atoms. The zero-order valence-electron chi connectivity index (χ0n) is 17.2. The molecule has 1 aliphatic heterocycles. The predicted octanol–water partition coefficient (Wildman–Crippen LogP) is 4.38. The highest BCUT2D eigenvalue weighted by Crippen LogP contribution is 2.25. The number of carbonyl (C=O) groups excluding carboxylic acids is 3. The lowest BCUT2D eigenvalue weighted by Crippen LogP contribution is -2.54. The summed E-state index contributed by atoms with van der Waals surface area (Å²) in [5.74, 6) is -1.87. The number of ether oxygens (including phenoxy) is 1. The van der Waals surface area contributed by atoms with Crippen molar-refractivity contribution in [1.82, 2.24) is 5.32 Å². The summed E-state index contributed by atoms with van der Waals surface area (Å²) in [5.41, 5.74) is 2.25. The zero-order valence-corrected chi connectivity index (χ0v) is 17.2. The normalized spacial score (nSPS) is 15.1. The molecule has 6 nitrogen and oxygen atoms in total. The van der Waals surface area contributed by atoms with Crippen molar-refractivity contribution < 1.29 is 23.5 Å². The Labute approximate surface area is 183 Å². The van der Waals surface area contributed by atoms with Gasteiger partial charge in [0.05, 0.1) is 5.69 Å². The first-order valence-electron chi connectivity index (χ1n) is 9.87. The Hall–Kier alpha value is -4.26. The van der Waals surface area contributed by atoms with Gasteiger partial charge in [-0.1, -0.05) is 54.1 Å². The van der Waals surface area contributed by atoms with E-state index in [4.69, 9.17) is 4.74 Å². The molecule has 0 saturated carbocycles. The lowest BCUT2D eigenvalue weighted by molar-refractivity contribution is -0.122. The van der Waals surface area contributed by atoms with Gasteiger partial charge in [0.2, 0.25) is 0 Å². The monoisotopic (exact) mass is 430 g/mol. The van der Waals surface area contributed by atoms with Crippen molar-refractivity contribution in [2.75, 3.05) is 4.90 Å². The van der Waals surface area contributed by atoms with Crippen molar-refractivity contribution in [2.45, 2.75) is 13.5 Å². The van der Waals surface area contributed by atoms with Gasteiger partial charge in [-0.05, 0) is 48.4 Å². The zero-order chi connectivity index (χ0) is 22.7. The van der Waals surface area contributed by atoms with Gasteiger partial charge >= 0.3 is 6.03 Å². The van der Waals surface area contributed by atoms with Crippen LogP contribution in [0.3, 0.4) is 0 Å². The van der Waals surface area contributed by atoms with Crippen molar-refractivity contribution in [3.8, 4) is 5.75 Å². The summed E-state index contributed by atoms with van der Waals surface area (Å²) in [6, 6.07) is 19.1. The van der Waals surface area contributed by atoms with Crippen LogP contribution in [0.4, 0.5) is 14.9 Å². The van der Waals surface area contributed by atoms with E-state index in [1.165, 1.54) is 29.8 Å².